The van der Waals surface area contributed by atoms with E-state index >= 15 is 0 Å². The minimum atomic E-state index is 0.328. The van der Waals surface area contributed by atoms with Gasteiger partial charge in [-0.1, -0.05) is 13.8 Å². The van der Waals surface area contributed by atoms with E-state index in [1.165, 1.54) is 5.56 Å². The predicted octanol–water partition coefficient (Wildman–Crippen LogP) is 2.63. The van der Waals surface area contributed by atoms with Gasteiger partial charge in [-0.15, -0.1) is 0 Å². The molecule has 18 heavy (non-hydrogen) atoms. The SMILES string of the molecule is CNc1cc(Cc2ccncc2)nc(C(C)C)n1. The average Bonchev–Trinajstić information content (AvgIpc) is 2.39. The Kier molecular flexibility index (Phi) is 3.87. The molecule has 2 rings (SSSR count). The zero-order valence-corrected chi connectivity index (χ0v) is 11.0. The van der Waals surface area contributed by atoms with Crippen LogP contribution in [0, 0.1) is 0 Å². The fraction of sp³-hybridized carbons (Fsp3) is 0.357. The van der Waals surface area contributed by atoms with Gasteiger partial charge in [0.2, 0.25) is 0 Å². The van der Waals surface area contributed by atoms with Crippen LogP contribution in [-0.2, 0) is 6.42 Å². The highest BCUT2D eigenvalue weighted by molar-refractivity contribution is 5.37. The third kappa shape index (κ3) is 3.03. The number of rotatable bonds is 4. The number of anilines is 1. The van der Waals surface area contributed by atoms with E-state index in [2.05, 4.69) is 34.1 Å². The van der Waals surface area contributed by atoms with Crippen molar-refractivity contribution in [3.05, 3.63) is 47.7 Å². The van der Waals surface area contributed by atoms with E-state index in [9.17, 15) is 0 Å². The Bertz CT molecular complexity index is 508. The molecule has 2 aromatic heterocycles. The monoisotopic (exact) mass is 242 g/mol. The Morgan fingerprint density at radius 3 is 2.50 bits per heavy atom. The second-order valence-corrected chi connectivity index (χ2v) is 4.54. The fourth-order valence-electron chi connectivity index (χ4n) is 1.70. The standard InChI is InChI=1S/C14H18N4/c1-10(2)14-17-12(9-13(15-3)18-14)8-11-4-6-16-7-5-11/h4-7,9-10H,8H2,1-3H3,(H,15,17,18). The van der Waals surface area contributed by atoms with Gasteiger partial charge < -0.3 is 5.32 Å². The maximum atomic E-state index is 4.60. The smallest absolute Gasteiger partial charge is 0.133 e. The van der Waals surface area contributed by atoms with Crippen LogP contribution in [0.4, 0.5) is 5.82 Å². The molecule has 0 amide bonds. The van der Waals surface area contributed by atoms with Gasteiger partial charge in [0, 0.05) is 37.8 Å². The van der Waals surface area contributed by atoms with Crippen molar-refractivity contribution in [3.63, 3.8) is 0 Å². The van der Waals surface area contributed by atoms with Crippen molar-refractivity contribution in [3.8, 4) is 0 Å². The summed E-state index contributed by atoms with van der Waals surface area (Å²) in [5.41, 5.74) is 2.24. The van der Waals surface area contributed by atoms with E-state index < -0.39 is 0 Å². The Hall–Kier alpha value is -1.97. The van der Waals surface area contributed by atoms with Crippen LogP contribution in [0.2, 0.25) is 0 Å². The molecule has 0 saturated heterocycles. The first kappa shape index (κ1) is 12.5. The summed E-state index contributed by atoms with van der Waals surface area (Å²) in [5, 5.41) is 3.08. The third-order valence-corrected chi connectivity index (χ3v) is 2.70. The molecule has 0 aliphatic rings. The molecule has 1 N–H and O–H groups in total. The van der Waals surface area contributed by atoms with E-state index in [4.69, 9.17) is 0 Å². The lowest BCUT2D eigenvalue weighted by Crippen LogP contribution is -2.05. The summed E-state index contributed by atoms with van der Waals surface area (Å²) >= 11 is 0. The summed E-state index contributed by atoms with van der Waals surface area (Å²) in [4.78, 5) is 13.1. The number of hydrogen-bond acceptors (Lipinski definition) is 4. The molecule has 0 spiro atoms. The number of hydrogen-bond donors (Lipinski definition) is 1. The summed E-state index contributed by atoms with van der Waals surface area (Å²) in [5.74, 6) is 2.08. The number of pyridine rings is 1. The molecule has 0 saturated carbocycles. The molecule has 2 aromatic rings. The second-order valence-electron chi connectivity index (χ2n) is 4.54. The largest absolute Gasteiger partial charge is 0.373 e. The van der Waals surface area contributed by atoms with Crippen LogP contribution in [-0.4, -0.2) is 22.0 Å². The number of nitrogens with one attached hydrogen (secondary N) is 1. The summed E-state index contributed by atoms with van der Waals surface area (Å²) in [6.07, 6.45) is 4.41. The molecule has 2 heterocycles. The zero-order chi connectivity index (χ0) is 13.0. The molecule has 94 valence electrons. The van der Waals surface area contributed by atoms with Crippen LogP contribution in [0.25, 0.3) is 0 Å². The van der Waals surface area contributed by atoms with Gasteiger partial charge in [0.1, 0.15) is 11.6 Å². The lowest BCUT2D eigenvalue weighted by atomic mass is 10.1. The van der Waals surface area contributed by atoms with Gasteiger partial charge in [0.05, 0.1) is 5.69 Å². The van der Waals surface area contributed by atoms with E-state index in [-0.39, 0.29) is 0 Å². The lowest BCUT2D eigenvalue weighted by molar-refractivity contribution is 0.763. The summed E-state index contributed by atoms with van der Waals surface area (Å²) in [6.45, 7) is 4.20. The Balaban J connectivity index is 2.30. The third-order valence-electron chi connectivity index (χ3n) is 2.70. The quantitative estimate of drug-likeness (QED) is 0.895. The molecule has 0 aliphatic heterocycles. The molecule has 0 atom stereocenters. The molecule has 4 heteroatoms. The van der Waals surface area contributed by atoms with Crippen molar-refractivity contribution in [2.24, 2.45) is 0 Å². The van der Waals surface area contributed by atoms with Crippen LogP contribution in [0.5, 0.6) is 0 Å². The lowest BCUT2D eigenvalue weighted by Gasteiger charge is -2.09. The van der Waals surface area contributed by atoms with Crippen molar-refractivity contribution in [1.82, 2.24) is 15.0 Å². The molecule has 0 bridgehead atoms. The molecular formula is C14H18N4. The highest BCUT2D eigenvalue weighted by Crippen LogP contribution is 2.15. The van der Waals surface area contributed by atoms with Crippen molar-refractivity contribution in [2.45, 2.75) is 26.2 Å². The number of nitrogens with zero attached hydrogens (tertiary/aromatic N) is 3. The topological polar surface area (TPSA) is 50.7 Å². The van der Waals surface area contributed by atoms with E-state index in [0.29, 0.717) is 5.92 Å². The molecular weight excluding hydrogens is 224 g/mol. The van der Waals surface area contributed by atoms with E-state index in [1.807, 2.05) is 25.2 Å². The highest BCUT2D eigenvalue weighted by atomic mass is 15.0. The fourth-order valence-corrected chi connectivity index (χ4v) is 1.70. The predicted molar refractivity (Wildman–Crippen MR) is 72.7 cm³/mol. The molecule has 0 aromatic carbocycles. The average molecular weight is 242 g/mol. The van der Waals surface area contributed by atoms with Crippen molar-refractivity contribution < 1.29 is 0 Å². The van der Waals surface area contributed by atoms with Crippen LogP contribution in [0.3, 0.4) is 0 Å². The molecule has 0 unspecified atom stereocenters. The van der Waals surface area contributed by atoms with Crippen molar-refractivity contribution >= 4 is 5.82 Å². The molecule has 4 nitrogen and oxygen atoms in total. The molecule has 0 aliphatic carbocycles. The normalized spacial score (nSPS) is 10.7. The van der Waals surface area contributed by atoms with Gasteiger partial charge >= 0.3 is 0 Å². The first-order chi connectivity index (χ1) is 8.69. The Morgan fingerprint density at radius 1 is 1.17 bits per heavy atom. The summed E-state index contributed by atoms with van der Waals surface area (Å²) in [7, 11) is 1.88. The van der Waals surface area contributed by atoms with Crippen LogP contribution >= 0.6 is 0 Å². The van der Waals surface area contributed by atoms with E-state index in [1.54, 1.807) is 12.4 Å². The maximum Gasteiger partial charge on any atom is 0.133 e. The first-order valence-corrected chi connectivity index (χ1v) is 6.13. The first-order valence-electron chi connectivity index (χ1n) is 6.13. The van der Waals surface area contributed by atoms with Gasteiger partial charge in [-0.3, -0.25) is 4.98 Å². The van der Waals surface area contributed by atoms with Gasteiger partial charge in [0.25, 0.3) is 0 Å². The zero-order valence-electron chi connectivity index (χ0n) is 11.0. The Labute approximate surface area is 108 Å². The van der Waals surface area contributed by atoms with Gasteiger partial charge in [0.15, 0.2) is 0 Å². The molecule has 0 fully saturated rings. The summed E-state index contributed by atoms with van der Waals surface area (Å²) in [6, 6.07) is 6.01. The minimum Gasteiger partial charge on any atom is -0.373 e. The van der Waals surface area contributed by atoms with E-state index in [0.717, 1.165) is 23.8 Å². The van der Waals surface area contributed by atoms with Gasteiger partial charge in [-0.05, 0) is 17.7 Å². The van der Waals surface area contributed by atoms with Crippen LogP contribution < -0.4 is 5.32 Å². The Morgan fingerprint density at radius 2 is 1.89 bits per heavy atom. The maximum absolute atomic E-state index is 4.60. The molecule has 0 radical (unpaired) electrons. The highest BCUT2D eigenvalue weighted by Gasteiger charge is 2.07. The van der Waals surface area contributed by atoms with Crippen molar-refractivity contribution in [2.75, 3.05) is 12.4 Å². The van der Waals surface area contributed by atoms with Gasteiger partial charge in [-0.2, -0.15) is 0 Å². The minimum absolute atomic E-state index is 0.328. The second kappa shape index (κ2) is 5.58. The van der Waals surface area contributed by atoms with Crippen LogP contribution in [0.15, 0.2) is 30.6 Å². The summed E-state index contributed by atoms with van der Waals surface area (Å²) < 4.78 is 0. The van der Waals surface area contributed by atoms with Crippen molar-refractivity contribution in [1.29, 1.82) is 0 Å². The van der Waals surface area contributed by atoms with Crippen LogP contribution in [0.1, 0.15) is 36.8 Å². The number of aromatic nitrogens is 3. The van der Waals surface area contributed by atoms with Gasteiger partial charge in [-0.25, -0.2) is 9.97 Å².